The molecule has 112 valence electrons. The minimum absolute atomic E-state index is 0.0118. The molecule has 0 amide bonds. The van der Waals surface area contributed by atoms with Crippen molar-refractivity contribution in [2.45, 2.75) is 11.8 Å². The second-order valence-corrected chi connectivity index (χ2v) is 7.02. The molecule has 2 aromatic rings. The summed E-state index contributed by atoms with van der Waals surface area (Å²) in [5.74, 6) is -0.370. The van der Waals surface area contributed by atoms with Crippen LogP contribution in [0.3, 0.4) is 0 Å². The highest BCUT2D eigenvalue weighted by Crippen LogP contribution is 2.25. The number of hydrogen-bond donors (Lipinski definition) is 0. The van der Waals surface area contributed by atoms with Crippen molar-refractivity contribution in [2.24, 2.45) is 0 Å². The van der Waals surface area contributed by atoms with Crippen LogP contribution < -0.4 is 4.31 Å². The molecule has 0 atom stereocenters. The van der Waals surface area contributed by atoms with Gasteiger partial charge in [-0.25, -0.2) is 13.2 Å². The number of aryl methyl sites for hydroxylation is 1. The molecule has 0 aromatic carbocycles. The third-order valence-corrected chi connectivity index (χ3v) is 5.53. The fourth-order valence-corrected chi connectivity index (χ4v) is 3.82. The van der Waals surface area contributed by atoms with Crippen LogP contribution in [-0.4, -0.2) is 38.7 Å². The molecule has 2 rings (SSSR count). The summed E-state index contributed by atoms with van der Waals surface area (Å²) in [5.41, 5.74) is 0.688. The van der Waals surface area contributed by atoms with Crippen LogP contribution in [-0.2, 0) is 14.8 Å². The van der Waals surface area contributed by atoms with Crippen LogP contribution >= 0.6 is 11.3 Å². The van der Waals surface area contributed by atoms with Crippen LogP contribution in [0.4, 0.5) is 5.82 Å². The van der Waals surface area contributed by atoms with Gasteiger partial charge in [-0.15, -0.1) is 16.4 Å². The van der Waals surface area contributed by atoms with Crippen molar-refractivity contribution >= 4 is 33.1 Å². The molecule has 7 nitrogen and oxygen atoms in total. The Kier molecular flexibility index (Phi) is 4.24. The summed E-state index contributed by atoms with van der Waals surface area (Å²) in [5, 5.41) is 9.05. The number of esters is 1. The number of sulfonamides is 1. The molecule has 0 aliphatic carbocycles. The highest BCUT2D eigenvalue weighted by molar-refractivity contribution is 7.93. The van der Waals surface area contributed by atoms with Crippen molar-refractivity contribution in [1.29, 1.82) is 0 Å². The summed E-state index contributed by atoms with van der Waals surface area (Å²) >= 11 is 1.01. The van der Waals surface area contributed by atoms with Gasteiger partial charge in [0, 0.05) is 12.4 Å². The van der Waals surface area contributed by atoms with Crippen LogP contribution in [0.5, 0.6) is 0 Å². The highest BCUT2D eigenvalue weighted by atomic mass is 32.2. The molecule has 2 aromatic heterocycles. The van der Waals surface area contributed by atoms with Gasteiger partial charge in [-0.1, -0.05) is 0 Å². The van der Waals surface area contributed by atoms with E-state index in [2.05, 4.69) is 14.9 Å². The van der Waals surface area contributed by atoms with Gasteiger partial charge in [0.2, 0.25) is 0 Å². The number of aromatic nitrogens is 2. The van der Waals surface area contributed by atoms with Gasteiger partial charge < -0.3 is 4.74 Å². The van der Waals surface area contributed by atoms with Crippen molar-refractivity contribution in [3.05, 3.63) is 34.2 Å². The number of nitrogens with zero attached hydrogens (tertiary/aromatic N) is 3. The molecular formula is C12H13N3O4S2. The first-order valence-corrected chi connectivity index (χ1v) is 8.14. The average Bonchev–Trinajstić information content (AvgIpc) is 2.97. The maximum atomic E-state index is 12.5. The number of anilines is 1. The zero-order valence-corrected chi connectivity index (χ0v) is 13.2. The lowest BCUT2D eigenvalue weighted by Crippen LogP contribution is -2.27. The molecule has 2 heterocycles. The van der Waals surface area contributed by atoms with Gasteiger partial charge in [-0.2, -0.15) is 5.10 Å². The fourth-order valence-electron chi connectivity index (χ4n) is 1.50. The monoisotopic (exact) mass is 327 g/mol. The normalized spacial score (nSPS) is 11.2. The lowest BCUT2D eigenvalue weighted by molar-refractivity contribution is 0.0606. The summed E-state index contributed by atoms with van der Waals surface area (Å²) in [6, 6.07) is 4.51. The first-order valence-electron chi connectivity index (χ1n) is 5.82. The van der Waals surface area contributed by atoms with E-state index in [0.29, 0.717) is 5.69 Å². The minimum Gasteiger partial charge on any atom is -0.465 e. The number of carbonyl (C=O) groups is 1. The Morgan fingerprint density at radius 2 is 2.05 bits per heavy atom. The highest BCUT2D eigenvalue weighted by Gasteiger charge is 2.25. The lowest BCUT2D eigenvalue weighted by atomic mass is 10.4. The van der Waals surface area contributed by atoms with E-state index in [1.807, 2.05) is 0 Å². The second-order valence-electron chi connectivity index (χ2n) is 4.14. The summed E-state index contributed by atoms with van der Waals surface area (Å²) in [6.07, 6.45) is 0. The third-order valence-electron chi connectivity index (χ3n) is 2.73. The van der Waals surface area contributed by atoms with E-state index in [9.17, 15) is 13.2 Å². The van der Waals surface area contributed by atoms with E-state index < -0.39 is 16.0 Å². The zero-order valence-electron chi connectivity index (χ0n) is 11.6. The Labute approximate surface area is 126 Å². The SMILES string of the molecule is COC(=O)c1cc(S(=O)(=O)N(C)c2ccc(C)nn2)cs1. The van der Waals surface area contributed by atoms with Gasteiger partial charge in [-0.3, -0.25) is 4.31 Å². The summed E-state index contributed by atoms with van der Waals surface area (Å²) < 4.78 is 30.5. The van der Waals surface area contributed by atoms with Crippen molar-refractivity contribution in [1.82, 2.24) is 10.2 Å². The van der Waals surface area contributed by atoms with Gasteiger partial charge >= 0.3 is 5.97 Å². The number of thiophene rings is 1. The Bertz CT molecular complexity index is 753. The van der Waals surface area contributed by atoms with E-state index >= 15 is 0 Å². The molecule has 0 saturated heterocycles. The molecule has 0 N–H and O–H groups in total. The van der Waals surface area contributed by atoms with Crippen molar-refractivity contribution < 1.29 is 17.9 Å². The Morgan fingerprint density at radius 3 is 2.62 bits per heavy atom. The first kappa shape index (κ1) is 15.4. The first-order chi connectivity index (χ1) is 9.86. The second kappa shape index (κ2) is 5.78. The van der Waals surface area contributed by atoms with Gasteiger partial charge in [0.25, 0.3) is 10.0 Å². The number of ether oxygens (including phenoxy) is 1. The Morgan fingerprint density at radius 1 is 1.33 bits per heavy atom. The van der Waals surface area contributed by atoms with Crippen molar-refractivity contribution in [3.63, 3.8) is 0 Å². The summed E-state index contributed by atoms with van der Waals surface area (Å²) in [6.45, 7) is 1.76. The molecule has 0 aliphatic rings. The number of carbonyl (C=O) groups excluding carboxylic acids is 1. The van der Waals surface area contributed by atoms with Gasteiger partial charge in [0.1, 0.15) is 4.88 Å². The molecule has 0 unspecified atom stereocenters. The van der Waals surface area contributed by atoms with E-state index in [0.717, 1.165) is 15.6 Å². The maximum Gasteiger partial charge on any atom is 0.348 e. The maximum absolute atomic E-state index is 12.5. The minimum atomic E-state index is -3.79. The van der Waals surface area contributed by atoms with Crippen LogP contribution in [0.15, 0.2) is 28.5 Å². The van der Waals surface area contributed by atoms with E-state index in [4.69, 9.17) is 0 Å². The molecule has 0 bridgehead atoms. The number of methoxy groups -OCH3 is 1. The topological polar surface area (TPSA) is 89.5 Å². The molecule has 0 spiro atoms. The van der Waals surface area contributed by atoms with Crippen LogP contribution in [0.1, 0.15) is 15.4 Å². The molecule has 0 saturated carbocycles. The fraction of sp³-hybridized carbons (Fsp3) is 0.250. The third kappa shape index (κ3) is 3.03. The molecule has 0 fully saturated rings. The largest absolute Gasteiger partial charge is 0.465 e. The van der Waals surface area contributed by atoms with E-state index in [1.54, 1.807) is 19.1 Å². The van der Waals surface area contributed by atoms with E-state index in [1.165, 1.54) is 25.6 Å². The predicted molar refractivity (Wildman–Crippen MR) is 78.0 cm³/mol. The molecular weight excluding hydrogens is 314 g/mol. The number of hydrogen-bond acceptors (Lipinski definition) is 7. The van der Waals surface area contributed by atoms with E-state index in [-0.39, 0.29) is 15.6 Å². The Hall–Kier alpha value is -2.00. The van der Waals surface area contributed by atoms with Gasteiger partial charge in [0.05, 0.1) is 17.7 Å². The zero-order chi connectivity index (χ0) is 15.6. The van der Waals surface area contributed by atoms with Crippen molar-refractivity contribution in [2.75, 3.05) is 18.5 Å². The lowest BCUT2D eigenvalue weighted by Gasteiger charge is -2.16. The quantitative estimate of drug-likeness (QED) is 0.790. The van der Waals surface area contributed by atoms with Crippen molar-refractivity contribution in [3.8, 4) is 0 Å². The standard InChI is InChI=1S/C12H13N3O4S2/c1-8-4-5-11(14-13-8)15(2)21(17,18)9-6-10(20-7-9)12(16)19-3/h4-7H,1-3H3. The van der Waals surface area contributed by atoms with Crippen LogP contribution in [0, 0.1) is 6.92 Å². The predicted octanol–water partition coefficient (Wildman–Crippen LogP) is 1.46. The van der Waals surface area contributed by atoms with Gasteiger partial charge in [0.15, 0.2) is 5.82 Å². The molecule has 21 heavy (non-hydrogen) atoms. The number of rotatable bonds is 4. The summed E-state index contributed by atoms with van der Waals surface area (Å²) in [7, 11) is -1.17. The molecule has 9 heteroatoms. The van der Waals surface area contributed by atoms with Crippen LogP contribution in [0.25, 0.3) is 0 Å². The van der Waals surface area contributed by atoms with Crippen LogP contribution in [0.2, 0.25) is 0 Å². The average molecular weight is 327 g/mol. The van der Waals surface area contributed by atoms with Gasteiger partial charge in [-0.05, 0) is 25.1 Å². The molecule has 0 radical (unpaired) electrons. The summed E-state index contributed by atoms with van der Waals surface area (Å²) in [4.78, 5) is 11.6. The Balaban J connectivity index is 2.35. The smallest absolute Gasteiger partial charge is 0.348 e. The molecule has 0 aliphatic heterocycles.